The van der Waals surface area contributed by atoms with Gasteiger partial charge in [0.2, 0.25) is 0 Å². The molecule has 1 unspecified atom stereocenters. The van der Waals surface area contributed by atoms with Gasteiger partial charge in [0.15, 0.2) is 0 Å². The lowest BCUT2D eigenvalue weighted by molar-refractivity contribution is -0.108. The molecule has 0 aliphatic heterocycles. The fraction of sp³-hybridized carbons (Fsp3) is 0.273. The molecule has 0 N–H and O–H groups in total. The second kappa shape index (κ2) is 5.05. The monoisotopic (exact) mass is 254 g/mol. The van der Waals surface area contributed by atoms with Gasteiger partial charge >= 0.3 is 0 Å². The summed E-state index contributed by atoms with van der Waals surface area (Å²) in [5, 5.41) is 0.712. The Hall–Kier alpha value is -0.960. The number of halogens is 1. The highest BCUT2D eigenvalue weighted by atomic mass is 79.9. The zero-order chi connectivity index (χ0) is 10.6. The van der Waals surface area contributed by atoms with Crippen LogP contribution >= 0.6 is 15.9 Å². The normalized spacial score (nSPS) is 12.1. The first-order valence-corrected chi connectivity index (χ1v) is 5.44. The first-order valence-electron chi connectivity index (χ1n) is 4.32. The van der Waals surface area contributed by atoms with E-state index in [1.807, 2.05) is 12.1 Å². The predicted molar refractivity (Wildman–Crippen MR) is 58.9 cm³/mol. The summed E-state index contributed by atoms with van der Waals surface area (Å²) in [5.41, 5.74) is 2.43. The lowest BCUT2D eigenvalue weighted by atomic mass is 9.96. The Morgan fingerprint density at radius 1 is 1.43 bits per heavy atom. The molecule has 0 amide bonds. The average Bonchev–Trinajstić information content (AvgIpc) is 2.27. The number of carbonyl (C=O) groups is 2. The summed E-state index contributed by atoms with van der Waals surface area (Å²) in [7, 11) is 0. The Morgan fingerprint density at radius 2 is 2.14 bits per heavy atom. The molecule has 74 valence electrons. The van der Waals surface area contributed by atoms with Crippen LogP contribution in [-0.2, 0) is 10.1 Å². The lowest BCUT2D eigenvalue weighted by Gasteiger charge is -2.08. The number of hydrogen-bond donors (Lipinski definition) is 0. The molecule has 0 bridgehead atoms. The summed E-state index contributed by atoms with van der Waals surface area (Å²) < 4.78 is 0. The second-order valence-electron chi connectivity index (χ2n) is 3.14. The maximum absolute atomic E-state index is 10.8. The molecule has 1 aromatic rings. The summed E-state index contributed by atoms with van der Waals surface area (Å²) in [6.45, 7) is 1.78. The number of alkyl halides is 1. The van der Waals surface area contributed by atoms with E-state index < -0.39 is 0 Å². The minimum absolute atomic E-state index is 0.223. The predicted octanol–water partition coefficient (Wildman–Crippen LogP) is 2.70. The van der Waals surface area contributed by atoms with Crippen LogP contribution in [0.1, 0.15) is 34.3 Å². The molecule has 0 aromatic heterocycles. The summed E-state index contributed by atoms with van der Waals surface area (Å²) in [4.78, 5) is 21.4. The molecule has 1 atom stereocenters. The third-order valence-electron chi connectivity index (χ3n) is 2.13. The first kappa shape index (κ1) is 11.1. The van der Waals surface area contributed by atoms with E-state index in [0.29, 0.717) is 10.9 Å². The molecule has 3 heteroatoms. The highest BCUT2D eigenvalue weighted by molar-refractivity contribution is 9.08. The molecule has 0 saturated carbocycles. The largest absolute Gasteiger partial charge is 0.303 e. The van der Waals surface area contributed by atoms with Gasteiger partial charge < -0.3 is 4.79 Å². The standard InChI is InChI=1S/C11H11BrO2/c1-8(6-13)11-3-2-9(5-12)4-10(11)7-14/h2-4,6-8H,5H2,1H3. The van der Waals surface area contributed by atoms with Crippen LogP contribution in [0.15, 0.2) is 18.2 Å². The molecular weight excluding hydrogens is 244 g/mol. The van der Waals surface area contributed by atoms with Gasteiger partial charge in [-0.05, 0) is 17.2 Å². The summed E-state index contributed by atoms with van der Waals surface area (Å²) in [5.74, 6) is -0.223. The maximum atomic E-state index is 10.8. The molecule has 0 aliphatic carbocycles. The van der Waals surface area contributed by atoms with Gasteiger partial charge in [-0.3, -0.25) is 4.79 Å². The van der Waals surface area contributed by atoms with Crippen molar-refractivity contribution in [3.05, 3.63) is 34.9 Å². The molecule has 2 nitrogen and oxygen atoms in total. The van der Waals surface area contributed by atoms with Crippen molar-refractivity contribution in [2.75, 3.05) is 0 Å². The Balaban J connectivity index is 3.17. The van der Waals surface area contributed by atoms with E-state index in [0.717, 1.165) is 23.7 Å². The van der Waals surface area contributed by atoms with Crippen LogP contribution in [0, 0.1) is 0 Å². The molecule has 0 heterocycles. The number of benzene rings is 1. The van der Waals surface area contributed by atoms with E-state index in [4.69, 9.17) is 0 Å². The van der Waals surface area contributed by atoms with Gasteiger partial charge in [-0.2, -0.15) is 0 Å². The van der Waals surface area contributed by atoms with Gasteiger partial charge in [0.1, 0.15) is 12.6 Å². The average molecular weight is 255 g/mol. The molecule has 1 rings (SSSR count). The summed E-state index contributed by atoms with van der Waals surface area (Å²) in [6.07, 6.45) is 1.64. The molecule has 14 heavy (non-hydrogen) atoms. The molecule has 0 radical (unpaired) electrons. The van der Waals surface area contributed by atoms with Crippen LogP contribution in [0.2, 0.25) is 0 Å². The number of rotatable bonds is 4. The SMILES string of the molecule is CC(C=O)c1ccc(CBr)cc1C=O. The smallest absolute Gasteiger partial charge is 0.150 e. The van der Waals surface area contributed by atoms with E-state index in [1.165, 1.54) is 0 Å². The van der Waals surface area contributed by atoms with Crippen molar-refractivity contribution in [3.8, 4) is 0 Å². The van der Waals surface area contributed by atoms with Crippen molar-refractivity contribution < 1.29 is 9.59 Å². The Morgan fingerprint density at radius 3 is 2.64 bits per heavy atom. The first-order chi connectivity index (χ1) is 6.72. The van der Waals surface area contributed by atoms with E-state index in [1.54, 1.807) is 13.0 Å². The van der Waals surface area contributed by atoms with Crippen molar-refractivity contribution >= 4 is 28.5 Å². The van der Waals surface area contributed by atoms with Crippen molar-refractivity contribution in [3.63, 3.8) is 0 Å². The highest BCUT2D eigenvalue weighted by Gasteiger charge is 2.09. The van der Waals surface area contributed by atoms with Crippen molar-refractivity contribution in [2.45, 2.75) is 18.2 Å². The van der Waals surface area contributed by atoms with Gasteiger partial charge in [-0.1, -0.05) is 35.0 Å². The molecule has 0 fully saturated rings. The van der Waals surface area contributed by atoms with Gasteiger partial charge in [0.05, 0.1) is 0 Å². The van der Waals surface area contributed by atoms with Crippen LogP contribution < -0.4 is 0 Å². The zero-order valence-corrected chi connectivity index (χ0v) is 9.45. The zero-order valence-electron chi connectivity index (χ0n) is 7.87. The van der Waals surface area contributed by atoms with Crippen LogP contribution in [0.3, 0.4) is 0 Å². The van der Waals surface area contributed by atoms with Crippen LogP contribution in [0.5, 0.6) is 0 Å². The van der Waals surface area contributed by atoms with Crippen molar-refractivity contribution in [1.29, 1.82) is 0 Å². The van der Waals surface area contributed by atoms with E-state index in [9.17, 15) is 9.59 Å². The van der Waals surface area contributed by atoms with E-state index >= 15 is 0 Å². The fourth-order valence-electron chi connectivity index (χ4n) is 1.30. The molecule has 1 aromatic carbocycles. The minimum atomic E-state index is -0.223. The second-order valence-corrected chi connectivity index (χ2v) is 3.70. The third kappa shape index (κ3) is 2.29. The minimum Gasteiger partial charge on any atom is -0.303 e. The molecule has 0 spiro atoms. The molecule has 0 aliphatic rings. The van der Waals surface area contributed by atoms with Crippen LogP contribution in [-0.4, -0.2) is 12.6 Å². The van der Waals surface area contributed by atoms with Crippen LogP contribution in [0.25, 0.3) is 0 Å². The number of aldehydes is 2. The Labute approximate surface area is 91.4 Å². The summed E-state index contributed by atoms with van der Waals surface area (Å²) >= 11 is 3.31. The highest BCUT2D eigenvalue weighted by Crippen LogP contribution is 2.19. The summed E-state index contributed by atoms with van der Waals surface area (Å²) in [6, 6.07) is 5.55. The quantitative estimate of drug-likeness (QED) is 0.612. The Kier molecular flexibility index (Phi) is 4.01. The van der Waals surface area contributed by atoms with Gasteiger partial charge in [0.25, 0.3) is 0 Å². The maximum Gasteiger partial charge on any atom is 0.150 e. The third-order valence-corrected chi connectivity index (χ3v) is 2.77. The topological polar surface area (TPSA) is 34.1 Å². The number of carbonyl (C=O) groups excluding carboxylic acids is 2. The fourth-order valence-corrected chi connectivity index (χ4v) is 1.65. The van der Waals surface area contributed by atoms with E-state index in [2.05, 4.69) is 15.9 Å². The lowest BCUT2D eigenvalue weighted by Crippen LogP contribution is -2.00. The Bertz CT molecular complexity index is 347. The van der Waals surface area contributed by atoms with E-state index in [-0.39, 0.29) is 5.92 Å². The van der Waals surface area contributed by atoms with Gasteiger partial charge in [-0.25, -0.2) is 0 Å². The van der Waals surface area contributed by atoms with Gasteiger partial charge in [0, 0.05) is 16.8 Å². The van der Waals surface area contributed by atoms with Crippen molar-refractivity contribution in [1.82, 2.24) is 0 Å². The van der Waals surface area contributed by atoms with Crippen LogP contribution in [0.4, 0.5) is 0 Å². The number of hydrogen-bond acceptors (Lipinski definition) is 2. The molecular formula is C11H11BrO2. The van der Waals surface area contributed by atoms with Gasteiger partial charge in [-0.15, -0.1) is 0 Å². The molecule has 0 saturated heterocycles. The van der Waals surface area contributed by atoms with Crippen molar-refractivity contribution in [2.24, 2.45) is 0 Å².